The molecular weight excluding hydrogens is 267 g/mol. The molecule has 0 saturated heterocycles. The Hall–Kier alpha value is -2.08. The van der Waals surface area contributed by atoms with E-state index in [0.717, 1.165) is 10.9 Å². The summed E-state index contributed by atoms with van der Waals surface area (Å²) in [6, 6.07) is 6.34. The number of thiophene rings is 1. The minimum absolute atomic E-state index is 0.0611. The van der Waals surface area contributed by atoms with Crippen molar-refractivity contribution in [3.63, 3.8) is 0 Å². The molecule has 1 aromatic carbocycles. The number of carbonyl (C=O) groups is 1. The first-order valence-corrected chi connectivity index (χ1v) is 6.43. The lowest BCUT2D eigenvalue weighted by Gasteiger charge is -2.10. The lowest BCUT2D eigenvalue weighted by molar-refractivity contribution is 0.0602. The van der Waals surface area contributed by atoms with Crippen molar-refractivity contribution in [2.45, 2.75) is 6.54 Å². The fraction of sp³-hybridized carbons (Fsp3) is 0.154. The normalized spacial score (nSPS) is 10.2. The topological polar surface area (TPSA) is 64.3 Å². The Morgan fingerprint density at radius 1 is 1.53 bits per heavy atom. The molecule has 3 N–H and O–H groups in total. The summed E-state index contributed by atoms with van der Waals surface area (Å²) in [5, 5.41) is 4.87. The van der Waals surface area contributed by atoms with Crippen LogP contribution in [0.2, 0.25) is 0 Å². The maximum absolute atomic E-state index is 13.7. The van der Waals surface area contributed by atoms with E-state index in [1.54, 1.807) is 11.3 Å². The van der Waals surface area contributed by atoms with Crippen LogP contribution in [0.15, 0.2) is 29.6 Å². The second kappa shape index (κ2) is 5.71. The molecular formula is C13H13FN2O2S. The third-order valence-electron chi connectivity index (χ3n) is 2.58. The van der Waals surface area contributed by atoms with E-state index >= 15 is 0 Å². The zero-order chi connectivity index (χ0) is 13.8. The molecule has 0 bridgehead atoms. The van der Waals surface area contributed by atoms with Crippen LogP contribution in [0.1, 0.15) is 15.2 Å². The first kappa shape index (κ1) is 13.4. The van der Waals surface area contributed by atoms with Crippen molar-refractivity contribution in [3.05, 3.63) is 45.9 Å². The van der Waals surface area contributed by atoms with Crippen molar-refractivity contribution in [1.82, 2.24) is 0 Å². The number of ether oxygens (including phenoxy) is 1. The van der Waals surface area contributed by atoms with Gasteiger partial charge in [-0.15, -0.1) is 11.3 Å². The van der Waals surface area contributed by atoms with E-state index in [0.29, 0.717) is 6.54 Å². The van der Waals surface area contributed by atoms with Gasteiger partial charge in [-0.3, -0.25) is 0 Å². The largest absolute Gasteiger partial charge is 0.465 e. The lowest BCUT2D eigenvalue weighted by Crippen LogP contribution is -2.09. The van der Waals surface area contributed by atoms with E-state index in [1.165, 1.54) is 13.2 Å². The van der Waals surface area contributed by atoms with E-state index in [-0.39, 0.29) is 16.9 Å². The number of nitrogens with one attached hydrogen (secondary N) is 1. The van der Waals surface area contributed by atoms with E-state index < -0.39 is 11.8 Å². The van der Waals surface area contributed by atoms with Crippen molar-refractivity contribution in [3.8, 4) is 0 Å². The molecule has 0 saturated carbocycles. The van der Waals surface area contributed by atoms with Crippen LogP contribution in [0, 0.1) is 5.82 Å². The molecule has 6 heteroatoms. The Morgan fingerprint density at radius 3 is 2.95 bits per heavy atom. The molecule has 0 atom stereocenters. The molecule has 0 fully saturated rings. The summed E-state index contributed by atoms with van der Waals surface area (Å²) in [5.74, 6) is -1.08. The third-order valence-corrected chi connectivity index (χ3v) is 3.45. The second-order valence-corrected chi connectivity index (χ2v) is 4.88. The summed E-state index contributed by atoms with van der Waals surface area (Å²) in [5.41, 5.74) is 6.03. The molecule has 1 heterocycles. The number of carbonyl (C=O) groups excluding carboxylic acids is 1. The van der Waals surface area contributed by atoms with Crippen LogP contribution in [-0.2, 0) is 11.3 Å². The number of benzene rings is 1. The minimum Gasteiger partial charge on any atom is -0.465 e. The van der Waals surface area contributed by atoms with Gasteiger partial charge in [0, 0.05) is 17.1 Å². The number of nitrogen functional groups attached to an aromatic ring is 1. The van der Waals surface area contributed by atoms with E-state index in [4.69, 9.17) is 5.73 Å². The van der Waals surface area contributed by atoms with Crippen LogP contribution < -0.4 is 11.1 Å². The number of rotatable bonds is 4. The molecule has 0 amide bonds. The number of anilines is 2. The van der Waals surface area contributed by atoms with Crippen molar-refractivity contribution in [2.75, 3.05) is 18.2 Å². The predicted octanol–water partition coefficient (Wildman–Crippen LogP) is 2.87. The predicted molar refractivity (Wildman–Crippen MR) is 73.8 cm³/mol. The summed E-state index contributed by atoms with van der Waals surface area (Å²) in [7, 11) is 1.25. The molecule has 0 unspecified atom stereocenters. The van der Waals surface area contributed by atoms with Gasteiger partial charge in [-0.05, 0) is 23.6 Å². The molecule has 0 radical (unpaired) electrons. The molecule has 19 heavy (non-hydrogen) atoms. The van der Waals surface area contributed by atoms with Gasteiger partial charge >= 0.3 is 5.97 Å². The zero-order valence-corrected chi connectivity index (χ0v) is 11.1. The maximum atomic E-state index is 13.7. The highest BCUT2D eigenvalue weighted by molar-refractivity contribution is 7.09. The highest BCUT2D eigenvalue weighted by Crippen LogP contribution is 2.24. The average Bonchev–Trinajstić information content (AvgIpc) is 2.90. The maximum Gasteiger partial charge on any atom is 0.340 e. The van der Waals surface area contributed by atoms with Crippen LogP contribution in [0.4, 0.5) is 15.8 Å². The second-order valence-electron chi connectivity index (χ2n) is 3.84. The quantitative estimate of drug-likeness (QED) is 0.667. The first-order chi connectivity index (χ1) is 9.11. The van der Waals surface area contributed by atoms with E-state index in [2.05, 4.69) is 10.1 Å². The third kappa shape index (κ3) is 3.03. The summed E-state index contributed by atoms with van der Waals surface area (Å²) in [6.45, 7) is 0.485. The molecule has 0 aliphatic rings. The van der Waals surface area contributed by atoms with Gasteiger partial charge < -0.3 is 15.8 Å². The van der Waals surface area contributed by atoms with Gasteiger partial charge in [-0.1, -0.05) is 6.07 Å². The summed E-state index contributed by atoms with van der Waals surface area (Å²) in [4.78, 5) is 12.5. The number of hydrogen-bond acceptors (Lipinski definition) is 5. The number of methoxy groups -OCH3 is 1. The summed E-state index contributed by atoms with van der Waals surface area (Å²) < 4.78 is 18.3. The standard InChI is InChI=1S/C13H13FN2O2S/c1-18-13(17)9-5-12(10(14)6-11(9)15)16-7-8-3-2-4-19-8/h2-6,16H,7,15H2,1H3. The lowest BCUT2D eigenvalue weighted by atomic mass is 10.1. The van der Waals surface area contributed by atoms with Gasteiger partial charge in [-0.2, -0.15) is 0 Å². The van der Waals surface area contributed by atoms with Gasteiger partial charge in [0.1, 0.15) is 5.82 Å². The Bertz CT molecular complexity index is 585. The number of hydrogen-bond donors (Lipinski definition) is 2. The van der Waals surface area contributed by atoms with Crippen molar-refractivity contribution >= 4 is 28.7 Å². The molecule has 2 aromatic rings. The summed E-state index contributed by atoms with van der Waals surface area (Å²) >= 11 is 1.56. The van der Waals surface area contributed by atoms with Crippen LogP contribution >= 0.6 is 11.3 Å². The molecule has 4 nitrogen and oxygen atoms in total. The molecule has 100 valence electrons. The van der Waals surface area contributed by atoms with Gasteiger partial charge in [-0.25, -0.2) is 9.18 Å². The Morgan fingerprint density at radius 2 is 2.32 bits per heavy atom. The Labute approximate surface area is 114 Å². The first-order valence-electron chi connectivity index (χ1n) is 5.55. The van der Waals surface area contributed by atoms with Gasteiger partial charge in [0.05, 0.1) is 18.4 Å². The number of nitrogens with two attached hydrogens (primary N) is 1. The highest BCUT2D eigenvalue weighted by atomic mass is 32.1. The SMILES string of the molecule is COC(=O)c1cc(NCc2cccs2)c(F)cc1N. The fourth-order valence-corrected chi connectivity index (χ4v) is 2.25. The Balaban J connectivity index is 2.22. The zero-order valence-electron chi connectivity index (χ0n) is 10.3. The van der Waals surface area contributed by atoms with Crippen LogP contribution in [0.3, 0.4) is 0 Å². The summed E-state index contributed by atoms with van der Waals surface area (Å²) in [6.07, 6.45) is 0. The number of halogens is 1. The number of esters is 1. The van der Waals surface area contributed by atoms with Crippen molar-refractivity contribution < 1.29 is 13.9 Å². The van der Waals surface area contributed by atoms with Gasteiger partial charge in [0.15, 0.2) is 0 Å². The molecule has 0 spiro atoms. The van der Waals surface area contributed by atoms with Crippen LogP contribution in [0.25, 0.3) is 0 Å². The molecule has 1 aromatic heterocycles. The van der Waals surface area contributed by atoms with Gasteiger partial charge in [0.25, 0.3) is 0 Å². The molecule has 0 aliphatic heterocycles. The van der Waals surface area contributed by atoms with E-state index in [9.17, 15) is 9.18 Å². The van der Waals surface area contributed by atoms with Crippen LogP contribution in [0.5, 0.6) is 0 Å². The van der Waals surface area contributed by atoms with E-state index in [1.807, 2.05) is 17.5 Å². The monoisotopic (exact) mass is 280 g/mol. The molecule has 2 rings (SSSR count). The van der Waals surface area contributed by atoms with Gasteiger partial charge in [0.2, 0.25) is 0 Å². The average molecular weight is 280 g/mol. The van der Waals surface area contributed by atoms with Crippen molar-refractivity contribution in [1.29, 1.82) is 0 Å². The Kier molecular flexibility index (Phi) is 4.01. The highest BCUT2D eigenvalue weighted by Gasteiger charge is 2.14. The minimum atomic E-state index is -0.586. The van der Waals surface area contributed by atoms with Crippen molar-refractivity contribution in [2.24, 2.45) is 0 Å². The fourth-order valence-electron chi connectivity index (χ4n) is 1.61. The molecule has 0 aliphatic carbocycles. The van der Waals surface area contributed by atoms with Crippen LogP contribution in [-0.4, -0.2) is 13.1 Å². The smallest absolute Gasteiger partial charge is 0.340 e.